The monoisotopic (exact) mass is 406 g/mol. The van der Waals surface area contributed by atoms with Gasteiger partial charge in [0.2, 0.25) is 0 Å². The number of benzene rings is 1. The number of nitro benzene ring substituents is 1. The van der Waals surface area contributed by atoms with Crippen LogP contribution in [0.5, 0.6) is 5.75 Å². The van der Waals surface area contributed by atoms with Gasteiger partial charge in [0.05, 0.1) is 13.9 Å². The molecule has 0 fully saturated rings. The second-order valence-corrected chi connectivity index (χ2v) is 5.92. The molecule has 0 bridgehead atoms. The second-order valence-electron chi connectivity index (χ2n) is 4.21. The van der Waals surface area contributed by atoms with Crippen LogP contribution in [0.25, 0.3) is 0 Å². The molecule has 0 aliphatic rings. The molecule has 0 radical (unpaired) electrons. The first kappa shape index (κ1) is 17.1. The fourth-order valence-electron chi connectivity index (χ4n) is 1.46. The van der Waals surface area contributed by atoms with Crippen molar-refractivity contribution in [3.63, 3.8) is 0 Å². The highest BCUT2D eigenvalue weighted by Gasteiger charge is 2.15. The van der Waals surface area contributed by atoms with Crippen LogP contribution in [0.1, 0.15) is 13.3 Å². The summed E-state index contributed by atoms with van der Waals surface area (Å²) >= 11 is 6.55. The minimum atomic E-state index is -0.451. The Bertz CT molecular complexity index is 483. The lowest BCUT2D eigenvalue weighted by Gasteiger charge is -2.12. The van der Waals surface area contributed by atoms with Gasteiger partial charge in [-0.1, -0.05) is 13.5 Å². The molecule has 0 aliphatic carbocycles. The van der Waals surface area contributed by atoms with Crippen molar-refractivity contribution in [2.24, 2.45) is 0 Å². The van der Waals surface area contributed by atoms with Gasteiger partial charge in [-0.15, -0.1) is 0 Å². The second kappa shape index (κ2) is 8.39. The summed E-state index contributed by atoms with van der Waals surface area (Å²) in [5.74, 6) is 0.534. The molecule has 1 aromatic rings. The molecule has 0 atom stereocenters. The van der Waals surface area contributed by atoms with E-state index in [0.29, 0.717) is 27.8 Å². The smallest absolute Gasteiger partial charge is 0.271 e. The lowest BCUT2D eigenvalue weighted by atomic mass is 10.3. The van der Waals surface area contributed by atoms with Crippen LogP contribution in [0.2, 0.25) is 0 Å². The Morgan fingerprint density at radius 1 is 1.45 bits per heavy atom. The van der Waals surface area contributed by atoms with E-state index in [4.69, 9.17) is 4.74 Å². The van der Waals surface area contributed by atoms with E-state index >= 15 is 0 Å². The molecule has 0 amide bonds. The van der Waals surface area contributed by atoms with Crippen molar-refractivity contribution in [3.05, 3.63) is 43.3 Å². The van der Waals surface area contributed by atoms with E-state index in [1.165, 1.54) is 12.1 Å². The van der Waals surface area contributed by atoms with Gasteiger partial charge < -0.3 is 10.1 Å². The van der Waals surface area contributed by atoms with Crippen molar-refractivity contribution in [2.45, 2.75) is 13.3 Å². The van der Waals surface area contributed by atoms with Crippen molar-refractivity contribution in [1.29, 1.82) is 0 Å². The summed E-state index contributed by atoms with van der Waals surface area (Å²) in [6.07, 6.45) is 1.06. The zero-order valence-electron chi connectivity index (χ0n) is 11.1. The summed E-state index contributed by atoms with van der Waals surface area (Å²) in [6.45, 7) is 7.99. The third-order valence-electron chi connectivity index (χ3n) is 2.42. The van der Waals surface area contributed by atoms with E-state index in [1.54, 1.807) is 0 Å². The summed E-state index contributed by atoms with van der Waals surface area (Å²) < 4.78 is 6.71. The zero-order chi connectivity index (χ0) is 15.1. The van der Waals surface area contributed by atoms with E-state index in [2.05, 4.69) is 50.7 Å². The number of nitrogens with one attached hydrogen (secondary N) is 1. The van der Waals surface area contributed by atoms with Crippen molar-refractivity contribution in [2.75, 3.05) is 19.7 Å². The van der Waals surface area contributed by atoms with Crippen molar-refractivity contribution >= 4 is 37.5 Å². The van der Waals surface area contributed by atoms with Crippen LogP contribution in [0.3, 0.4) is 0 Å². The van der Waals surface area contributed by atoms with Crippen LogP contribution >= 0.6 is 31.9 Å². The molecule has 0 aromatic heterocycles. The highest BCUT2D eigenvalue weighted by atomic mass is 79.9. The number of hydrogen-bond acceptors (Lipinski definition) is 4. The molecule has 0 saturated heterocycles. The Morgan fingerprint density at radius 2 is 2.05 bits per heavy atom. The summed E-state index contributed by atoms with van der Waals surface area (Å²) in [4.78, 5) is 10.3. The fraction of sp³-hybridized carbons (Fsp3) is 0.385. The Morgan fingerprint density at radius 3 is 2.55 bits per heavy atom. The zero-order valence-corrected chi connectivity index (χ0v) is 14.3. The Labute approximate surface area is 134 Å². The molecule has 110 valence electrons. The molecule has 1 aromatic carbocycles. The van der Waals surface area contributed by atoms with E-state index in [1.807, 2.05) is 0 Å². The average Bonchev–Trinajstić information content (AvgIpc) is 2.37. The van der Waals surface area contributed by atoms with Gasteiger partial charge in [-0.2, -0.15) is 0 Å². The summed E-state index contributed by atoms with van der Waals surface area (Å²) in [5.41, 5.74) is 0.912. The molecular formula is C13H16Br2N2O3. The van der Waals surface area contributed by atoms with Crippen molar-refractivity contribution in [3.8, 4) is 5.75 Å². The lowest BCUT2D eigenvalue weighted by Crippen LogP contribution is -2.20. The minimum absolute atomic E-state index is 0.000427. The maximum atomic E-state index is 10.7. The van der Waals surface area contributed by atoms with Gasteiger partial charge in [0.25, 0.3) is 5.69 Å². The van der Waals surface area contributed by atoms with Gasteiger partial charge in [0.1, 0.15) is 12.4 Å². The standard InChI is InChI=1S/C13H16Br2N2O3/c1-3-4-16-7-9(2)8-20-13-11(14)5-10(17(18)19)6-12(13)15/h5-6,16H,2-4,7-8H2,1H3. The molecule has 0 spiro atoms. The number of rotatable bonds is 8. The predicted molar refractivity (Wildman–Crippen MR) is 86.3 cm³/mol. The number of halogens is 2. The van der Waals surface area contributed by atoms with Gasteiger partial charge in [-0.05, 0) is 50.4 Å². The molecule has 0 aliphatic heterocycles. The maximum absolute atomic E-state index is 10.7. The van der Waals surface area contributed by atoms with E-state index < -0.39 is 4.92 Å². The number of ether oxygens (including phenoxy) is 1. The summed E-state index contributed by atoms with van der Waals surface area (Å²) in [5, 5.41) is 14.0. The molecule has 0 heterocycles. The van der Waals surface area contributed by atoms with Gasteiger partial charge in [-0.25, -0.2) is 0 Å². The summed E-state index contributed by atoms with van der Waals surface area (Å²) in [7, 11) is 0. The summed E-state index contributed by atoms with van der Waals surface area (Å²) in [6, 6.07) is 2.83. The molecule has 0 unspecified atom stereocenters. The number of nitro groups is 1. The fourth-order valence-corrected chi connectivity index (χ4v) is 2.85. The number of non-ortho nitro benzene ring substituents is 1. The van der Waals surface area contributed by atoms with Crippen molar-refractivity contribution in [1.82, 2.24) is 5.32 Å². The molecule has 0 saturated carbocycles. The van der Waals surface area contributed by atoms with E-state index in [-0.39, 0.29) is 5.69 Å². The van der Waals surface area contributed by atoms with Gasteiger partial charge in [0.15, 0.2) is 0 Å². The first-order valence-electron chi connectivity index (χ1n) is 6.09. The largest absolute Gasteiger partial charge is 0.487 e. The third-order valence-corrected chi connectivity index (χ3v) is 3.59. The topological polar surface area (TPSA) is 64.4 Å². The van der Waals surface area contributed by atoms with Gasteiger partial charge >= 0.3 is 0 Å². The van der Waals surface area contributed by atoms with Crippen LogP contribution in [-0.4, -0.2) is 24.6 Å². The van der Waals surface area contributed by atoms with Crippen LogP contribution in [0.4, 0.5) is 5.69 Å². The lowest BCUT2D eigenvalue weighted by molar-refractivity contribution is -0.385. The highest BCUT2D eigenvalue weighted by molar-refractivity contribution is 9.11. The van der Waals surface area contributed by atoms with Crippen LogP contribution in [-0.2, 0) is 0 Å². The first-order valence-corrected chi connectivity index (χ1v) is 7.68. The Balaban J connectivity index is 2.64. The van der Waals surface area contributed by atoms with E-state index in [0.717, 1.165) is 18.5 Å². The third kappa shape index (κ3) is 5.22. The molecule has 1 N–H and O–H groups in total. The van der Waals surface area contributed by atoms with E-state index in [9.17, 15) is 10.1 Å². The van der Waals surface area contributed by atoms with Crippen molar-refractivity contribution < 1.29 is 9.66 Å². The molecule has 7 heteroatoms. The predicted octanol–water partition coefficient (Wildman–Crippen LogP) is 4.05. The maximum Gasteiger partial charge on any atom is 0.271 e. The molecule has 20 heavy (non-hydrogen) atoms. The van der Waals surface area contributed by atoms with Gasteiger partial charge in [0, 0.05) is 18.7 Å². The minimum Gasteiger partial charge on any atom is -0.487 e. The molecular weight excluding hydrogens is 392 g/mol. The Kier molecular flexibility index (Phi) is 7.18. The highest BCUT2D eigenvalue weighted by Crippen LogP contribution is 2.37. The molecule has 1 rings (SSSR count). The first-order chi connectivity index (χ1) is 9.45. The quantitative estimate of drug-likeness (QED) is 0.305. The number of hydrogen-bond donors (Lipinski definition) is 1. The SMILES string of the molecule is C=C(CNCCC)COc1c(Br)cc([N+](=O)[O-])cc1Br. The van der Waals surface area contributed by atoms with Crippen LogP contribution in [0, 0.1) is 10.1 Å². The average molecular weight is 408 g/mol. The van der Waals surface area contributed by atoms with Crippen LogP contribution in [0.15, 0.2) is 33.2 Å². The van der Waals surface area contributed by atoms with Gasteiger partial charge in [-0.3, -0.25) is 10.1 Å². The molecule has 5 nitrogen and oxygen atoms in total. The number of nitrogens with zero attached hydrogens (tertiary/aromatic N) is 1. The van der Waals surface area contributed by atoms with Crippen LogP contribution < -0.4 is 10.1 Å². The normalized spacial score (nSPS) is 10.3. The Hall–Kier alpha value is -0.920.